The number of carbonyl (C=O) groups excluding carboxylic acids is 1. The third-order valence-corrected chi connectivity index (χ3v) is 6.67. The van der Waals surface area contributed by atoms with E-state index >= 15 is 0 Å². The van der Waals surface area contributed by atoms with E-state index in [2.05, 4.69) is 5.32 Å². The van der Waals surface area contributed by atoms with E-state index in [0.29, 0.717) is 50.2 Å². The number of carbonyl (C=O) groups is 1. The molecule has 140 valence electrons. The van der Waals surface area contributed by atoms with E-state index in [-0.39, 0.29) is 15.8 Å². The van der Waals surface area contributed by atoms with Crippen LogP contribution in [-0.4, -0.2) is 57.9 Å². The van der Waals surface area contributed by atoms with Crippen LogP contribution in [-0.2, 0) is 14.8 Å². The van der Waals surface area contributed by atoms with E-state index in [1.165, 1.54) is 16.4 Å². The summed E-state index contributed by atoms with van der Waals surface area (Å²) in [6, 6.07) is 4.41. The standard InChI is InChI=1S/C16H23Cl2N3O3S/c1-12(2)10-19-16(22)11-20-5-7-21(8-6-20)25(23,24)15-9-13(17)3-4-14(15)18/h3-4,9,12H,5-8,10-11H2,1-2H3,(H,19,22)/p+1. The van der Waals surface area contributed by atoms with Gasteiger partial charge in [0.25, 0.3) is 5.91 Å². The SMILES string of the molecule is CC(C)CNC(=O)C[NH+]1CCN(S(=O)(=O)c2cc(Cl)ccc2Cl)CC1. The van der Waals surface area contributed by atoms with Crippen LogP contribution in [0, 0.1) is 5.92 Å². The molecule has 1 fully saturated rings. The average molecular weight is 409 g/mol. The predicted octanol–water partition coefficient (Wildman–Crippen LogP) is 0.655. The highest BCUT2D eigenvalue weighted by Crippen LogP contribution is 2.27. The summed E-state index contributed by atoms with van der Waals surface area (Å²) in [4.78, 5) is 13.0. The van der Waals surface area contributed by atoms with Crippen LogP contribution < -0.4 is 10.2 Å². The normalized spacial score (nSPS) is 17.0. The Bertz CT molecular complexity index is 717. The summed E-state index contributed by atoms with van der Waals surface area (Å²) in [7, 11) is -3.69. The number of quaternary nitrogens is 1. The van der Waals surface area contributed by atoms with Crippen molar-refractivity contribution in [2.75, 3.05) is 39.3 Å². The molecule has 0 unspecified atom stereocenters. The second-order valence-corrected chi connectivity index (χ2v) is 9.35. The Hall–Kier alpha value is -0.860. The van der Waals surface area contributed by atoms with Crippen molar-refractivity contribution >= 4 is 39.1 Å². The van der Waals surface area contributed by atoms with E-state index < -0.39 is 10.0 Å². The van der Waals surface area contributed by atoms with E-state index in [4.69, 9.17) is 23.2 Å². The maximum absolute atomic E-state index is 12.8. The Balaban J connectivity index is 1.95. The van der Waals surface area contributed by atoms with Crippen molar-refractivity contribution in [1.82, 2.24) is 9.62 Å². The second-order valence-electron chi connectivity index (χ2n) is 6.60. The number of nitrogens with one attached hydrogen (secondary N) is 2. The second kappa shape index (κ2) is 8.68. The van der Waals surface area contributed by atoms with Gasteiger partial charge in [0.2, 0.25) is 10.0 Å². The van der Waals surface area contributed by atoms with Crippen molar-refractivity contribution in [2.24, 2.45) is 5.92 Å². The van der Waals surface area contributed by atoms with Crippen LogP contribution in [0.4, 0.5) is 0 Å². The van der Waals surface area contributed by atoms with Gasteiger partial charge in [-0.25, -0.2) is 8.42 Å². The zero-order valence-corrected chi connectivity index (χ0v) is 16.7. The van der Waals surface area contributed by atoms with E-state index in [0.717, 1.165) is 4.90 Å². The molecule has 0 aliphatic carbocycles. The summed E-state index contributed by atoms with van der Waals surface area (Å²) >= 11 is 11.9. The number of benzene rings is 1. The van der Waals surface area contributed by atoms with Crippen molar-refractivity contribution in [3.05, 3.63) is 28.2 Å². The van der Waals surface area contributed by atoms with Crippen LogP contribution in [0.2, 0.25) is 10.0 Å². The third kappa shape index (κ3) is 5.56. The molecular weight excluding hydrogens is 385 g/mol. The first-order valence-electron chi connectivity index (χ1n) is 8.25. The van der Waals surface area contributed by atoms with Crippen LogP contribution in [0.15, 0.2) is 23.1 Å². The fourth-order valence-electron chi connectivity index (χ4n) is 2.64. The molecule has 1 aromatic rings. The number of rotatable bonds is 6. The van der Waals surface area contributed by atoms with Gasteiger partial charge in [-0.3, -0.25) is 4.79 Å². The zero-order valence-electron chi connectivity index (χ0n) is 14.4. The predicted molar refractivity (Wildman–Crippen MR) is 98.6 cm³/mol. The topological polar surface area (TPSA) is 70.9 Å². The molecule has 1 aliphatic heterocycles. The lowest BCUT2D eigenvalue weighted by molar-refractivity contribution is -0.895. The van der Waals surface area contributed by atoms with Gasteiger partial charge in [-0.05, 0) is 24.1 Å². The quantitative estimate of drug-likeness (QED) is 0.725. The molecule has 6 nitrogen and oxygen atoms in total. The largest absolute Gasteiger partial charge is 0.351 e. The molecule has 1 heterocycles. The van der Waals surface area contributed by atoms with Crippen molar-refractivity contribution in [2.45, 2.75) is 18.7 Å². The molecule has 1 saturated heterocycles. The van der Waals surface area contributed by atoms with Crippen LogP contribution in [0.5, 0.6) is 0 Å². The summed E-state index contributed by atoms with van der Waals surface area (Å²) in [5.41, 5.74) is 0. The maximum atomic E-state index is 12.8. The van der Waals surface area contributed by atoms with Gasteiger partial charge in [-0.15, -0.1) is 0 Å². The van der Waals surface area contributed by atoms with Gasteiger partial charge in [-0.2, -0.15) is 4.31 Å². The van der Waals surface area contributed by atoms with Gasteiger partial charge < -0.3 is 10.2 Å². The number of piperazine rings is 1. The molecule has 2 rings (SSSR count). The highest BCUT2D eigenvalue weighted by molar-refractivity contribution is 7.89. The average Bonchev–Trinajstić information content (AvgIpc) is 2.55. The molecule has 1 amide bonds. The smallest absolute Gasteiger partial charge is 0.275 e. The lowest BCUT2D eigenvalue weighted by Crippen LogP contribution is -3.15. The molecule has 1 aromatic carbocycles. The number of hydrogen-bond acceptors (Lipinski definition) is 3. The molecule has 0 radical (unpaired) electrons. The monoisotopic (exact) mass is 408 g/mol. The first kappa shape index (κ1) is 20.5. The summed E-state index contributed by atoms with van der Waals surface area (Å²) in [5, 5.41) is 3.37. The van der Waals surface area contributed by atoms with Crippen molar-refractivity contribution < 1.29 is 18.1 Å². The third-order valence-electron chi connectivity index (χ3n) is 4.06. The molecule has 0 atom stereocenters. The fraction of sp³-hybridized carbons (Fsp3) is 0.562. The van der Waals surface area contributed by atoms with Gasteiger partial charge >= 0.3 is 0 Å². The maximum Gasteiger partial charge on any atom is 0.275 e. The van der Waals surface area contributed by atoms with Crippen LogP contribution in [0.3, 0.4) is 0 Å². The zero-order chi connectivity index (χ0) is 18.6. The van der Waals surface area contributed by atoms with Gasteiger partial charge in [0.05, 0.1) is 31.2 Å². The van der Waals surface area contributed by atoms with Gasteiger partial charge in [0, 0.05) is 11.6 Å². The summed E-state index contributed by atoms with van der Waals surface area (Å²) in [6.45, 7) is 6.93. The van der Waals surface area contributed by atoms with Crippen molar-refractivity contribution in [3.8, 4) is 0 Å². The highest BCUT2D eigenvalue weighted by atomic mass is 35.5. The fourth-order valence-corrected chi connectivity index (χ4v) is 4.82. The lowest BCUT2D eigenvalue weighted by Gasteiger charge is -2.31. The van der Waals surface area contributed by atoms with Crippen LogP contribution in [0.25, 0.3) is 0 Å². The first-order chi connectivity index (χ1) is 11.7. The summed E-state index contributed by atoms with van der Waals surface area (Å²) < 4.78 is 26.9. The molecular formula is C16H24Cl2N3O3S+. The molecule has 0 saturated carbocycles. The Morgan fingerprint density at radius 3 is 2.52 bits per heavy atom. The number of hydrogen-bond donors (Lipinski definition) is 2. The Kier molecular flexibility index (Phi) is 7.10. The van der Waals surface area contributed by atoms with E-state index in [1.807, 2.05) is 13.8 Å². The van der Waals surface area contributed by atoms with Crippen molar-refractivity contribution in [1.29, 1.82) is 0 Å². The Morgan fingerprint density at radius 1 is 1.28 bits per heavy atom. The minimum atomic E-state index is -3.69. The lowest BCUT2D eigenvalue weighted by atomic mass is 10.2. The molecule has 0 spiro atoms. The Labute approximate surface area is 159 Å². The molecule has 0 bridgehead atoms. The number of amides is 1. The summed E-state index contributed by atoms with van der Waals surface area (Å²) in [6.07, 6.45) is 0. The number of sulfonamides is 1. The molecule has 2 N–H and O–H groups in total. The van der Waals surface area contributed by atoms with Gasteiger partial charge in [0.15, 0.2) is 6.54 Å². The van der Waals surface area contributed by atoms with Crippen molar-refractivity contribution in [3.63, 3.8) is 0 Å². The molecule has 9 heteroatoms. The minimum absolute atomic E-state index is 0.00195. The van der Waals surface area contributed by atoms with Crippen LogP contribution >= 0.6 is 23.2 Å². The van der Waals surface area contributed by atoms with E-state index in [9.17, 15) is 13.2 Å². The first-order valence-corrected chi connectivity index (χ1v) is 10.4. The van der Waals surface area contributed by atoms with Crippen LogP contribution in [0.1, 0.15) is 13.8 Å². The highest BCUT2D eigenvalue weighted by Gasteiger charge is 2.32. The number of nitrogens with zero attached hydrogens (tertiary/aromatic N) is 1. The molecule has 25 heavy (non-hydrogen) atoms. The molecule has 0 aromatic heterocycles. The van der Waals surface area contributed by atoms with E-state index in [1.54, 1.807) is 6.07 Å². The van der Waals surface area contributed by atoms with Gasteiger partial charge in [0.1, 0.15) is 4.90 Å². The summed E-state index contributed by atoms with van der Waals surface area (Å²) in [5.74, 6) is 0.404. The van der Waals surface area contributed by atoms with Gasteiger partial charge in [-0.1, -0.05) is 37.0 Å². The molecule has 1 aliphatic rings. The number of halogens is 2. The Morgan fingerprint density at radius 2 is 1.92 bits per heavy atom. The minimum Gasteiger partial charge on any atom is -0.351 e.